The molecule has 19 heavy (non-hydrogen) atoms. The minimum absolute atomic E-state index is 0.0206. The summed E-state index contributed by atoms with van der Waals surface area (Å²) in [6, 6.07) is 3.93. The Morgan fingerprint density at radius 2 is 2.11 bits per heavy atom. The lowest BCUT2D eigenvalue weighted by Gasteiger charge is -2.09. The van der Waals surface area contributed by atoms with Crippen molar-refractivity contribution in [3.8, 4) is 0 Å². The first-order valence-corrected chi connectivity index (χ1v) is 7.94. The van der Waals surface area contributed by atoms with Gasteiger partial charge in [-0.1, -0.05) is 13.8 Å². The molecule has 1 aromatic rings. The van der Waals surface area contributed by atoms with E-state index in [2.05, 4.69) is 10.0 Å². The van der Waals surface area contributed by atoms with Crippen LogP contribution < -0.4 is 10.0 Å². The second kappa shape index (κ2) is 5.56. The lowest BCUT2D eigenvalue weighted by molar-refractivity contribution is 0.574. The molecule has 0 bridgehead atoms. The third-order valence-electron chi connectivity index (χ3n) is 3.31. The van der Waals surface area contributed by atoms with E-state index < -0.39 is 10.0 Å². The fourth-order valence-electron chi connectivity index (χ4n) is 1.87. The zero-order valence-corrected chi connectivity index (χ0v) is 11.9. The van der Waals surface area contributed by atoms with E-state index in [1.54, 1.807) is 0 Å². The molecule has 1 aliphatic carbocycles. The molecular formula is C13H19FN2O2S. The van der Waals surface area contributed by atoms with Crippen molar-refractivity contribution in [2.24, 2.45) is 5.92 Å². The van der Waals surface area contributed by atoms with Crippen molar-refractivity contribution < 1.29 is 12.8 Å². The van der Waals surface area contributed by atoms with Crippen LogP contribution in [0.3, 0.4) is 0 Å². The van der Waals surface area contributed by atoms with E-state index in [0.717, 1.165) is 6.42 Å². The topological polar surface area (TPSA) is 58.2 Å². The summed E-state index contributed by atoms with van der Waals surface area (Å²) in [6.07, 6.45) is 0.866. The Morgan fingerprint density at radius 1 is 1.42 bits per heavy atom. The molecule has 0 saturated heterocycles. The average molecular weight is 286 g/mol. The number of rotatable bonds is 6. The lowest BCUT2D eigenvalue weighted by atomic mass is 10.2. The van der Waals surface area contributed by atoms with Crippen LogP contribution in [0.5, 0.6) is 0 Å². The van der Waals surface area contributed by atoms with Gasteiger partial charge in [0.05, 0.1) is 4.90 Å². The average Bonchev–Trinajstić information content (AvgIpc) is 3.02. The standard InChI is InChI=1S/C13H19FN2O2S/c1-3-15-8-10-7-11(4-5-12(10)14)19(17,18)16-13-6-9(13)2/h4-5,7,9,13,15-16H,3,6,8H2,1-2H3. The monoisotopic (exact) mass is 286 g/mol. The minimum Gasteiger partial charge on any atom is -0.313 e. The summed E-state index contributed by atoms with van der Waals surface area (Å²) in [7, 11) is -3.54. The highest BCUT2D eigenvalue weighted by Gasteiger charge is 2.36. The first kappa shape index (κ1) is 14.4. The Balaban J connectivity index is 2.19. The molecule has 2 atom stereocenters. The van der Waals surface area contributed by atoms with Crippen molar-refractivity contribution >= 4 is 10.0 Å². The van der Waals surface area contributed by atoms with Crippen molar-refractivity contribution in [3.63, 3.8) is 0 Å². The van der Waals surface area contributed by atoms with Crippen LogP contribution in [0.4, 0.5) is 4.39 Å². The van der Waals surface area contributed by atoms with Crippen LogP contribution in [0.2, 0.25) is 0 Å². The van der Waals surface area contributed by atoms with E-state index in [-0.39, 0.29) is 16.8 Å². The summed E-state index contributed by atoms with van der Waals surface area (Å²) in [5.74, 6) is -0.00357. The molecule has 106 valence electrons. The maximum absolute atomic E-state index is 13.6. The summed E-state index contributed by atoms with van der Waals surface area (Å²) in [5.41, 5.74) is 0.369. The molecule has 1 aromatic carbocycles. The highest BCUT2D eigenvalue weighted by atomic mass is 32.2. The van der Waals surface area contributed by atoms with Crippen LogP contribution in [0.15, 0.2) is 23.1 Å². The van der Waals surface area contributed by atoms with Crippen LogP contribution in [0.25, 0.3) is 0 Å². The van der Waals surface area contributed by atoms with Gasteiger partial charge in [-0.2, -0.15) is 0 Å². The van der Waals surface area contributed by atoms with Crippen LogP contribution in [0.1, 0.15) is 25.8 Å². The van der Waals surface area contributed by atoms with Crippen LogP contribution >= 0.6 is 0 Å². The summed E-state index contributed by atoms with van der Waals surface area (Å²) in [5, 5.41) is 2.99. The molecule has 4 nitrogen and oxygen atoms in total. The summed E-state index contributed by atoms with van der Waals surface area (Å²) in [4.78, 5) is 0.126. The summed E-state index contributed by atoms with van der Waals surface area (Å²) < 4.78 is 40.4. The largest absolute Gasteiger partial charge is 0.313 e. The van der Waals surface area contributed by atoms with Crippen molar-refractivity contribution in [2.75, 3.05) is 6.54 Å². The number of sulfonamides is 1. The lowest BCUT2D eigenvalue weighted by Crippen LogP contribution is -2.27. The highest BCUT2D eigenvalue weighted by molar-refractivity contribution is 7.89. The number of hydrogen-bond donors (Lipinski definition) is 2. The number of nitrogens with one attached hydrogen (secondary N) is 2. The first-order chi connectivity index (χ1) is 8.94. The van der Waals surface area contributed by atoms with Gasteiger partial charge < -0.3 is 5.32 Å². The number of halogens is 1. The predicted octanol–water partition coefficient (Wildman–Crippen LogP) is 1.62. The summed E-state index contributed by atoms with van der Waals surface area (Å²) >= 11 is 0. The Kier molecular flexibility index (Phi) is 4.23. The summed E-state index contributed by atoms with van der Waals surface area (Å²) in [6.45, 7) is 4.93. The molecule has 0 heterocycles. The molecule has 0 radical (unpaired) electrons. The molecule has 2 N–H and O–H groups in total. The Morgan fingerprint density at radius 3 is 2.68 bits per heavy atom. The van der Waals surface area contributed by atoms with Crippen molar-refractivity contribution in [1.82, 2.24) is 10.0 Å². The van der Waals surface area contributed by atoms with Gasteiger partial charge in [0.25, 0.3) is 0 Å². The van der Waals surface area contributed by atoms with Gasteiger partial charge in [0, 0.05) is 18.2 Å². The van der Waals surface area contributed by atoms with Gasteiger partial charge in [-0.3, -0.25) is 0 Å². The predicted molar refractivity (Wildman–Crippen MR) is 71.7 cm³/mol. The van der Waals surface area contributed by atoms with E-state index in [9.17, 15) is 12.8 Å². The molecule has 1 saturated carbocycles. The maximum atomic E-state index is 13.6. The number of benzene rings is 1. The first-order valence-electron chi connectivity index (χ1n) is 6.45. The van der Waals surface area contributed by atoms with Crippen LogP contribution in [-0.2, 0) is 16.6 Å². The second-order valence-electron chi connectivity index (χ2n) is 4.97. The molecule has 0 aromatic heterocycles. The third kappa shape index (κ3) is 3.52. The quantitative estimate of drug-likeness (QED) is 0.835. The Labute approximate surface area is 113 Å². The molecule has 0 spiro atoms. The normalized spacial score (nSPS) is 22.5. The molecule has 1 fully saturated rings. The van der Waals surface area contributed by atoms with Gasteiger partial charge in [-0.15, -0.1) is 0 Å². The van der Waals surface area contributed by atoms with E-state index in [1.165, 1.54) is 18.2 Å². The fraction of sp³-hybridized carbons (Fsp3) is 0.538. The maximum Gasteiger partial charge on any atom is 0.240 e. The van der Waals surface area contributed by atoms with Gasteiger partial charge >= 0.3 is 0 Å². The zero-order valence-electron chi connectivity index (χ0n) is 11.1. The minimum atomic E-state index is -3.54. The number of hydrogen-bond acceptors (Lipinski definition) is 3. The van der Waals surface area contributed by atoms with Gasteiger partial charge in [0.2, 0.25) is 10.0 Å². The van der Waals surface area contributed by atoms with E-state index in [0.29, 0.717) is 24.6 Å². The molecule has 0 amide bonds. The van der Waals surface area contributed by atoms with Gasteiger partial charge in [0.1, 0.15) is 5.82 Å². The molecular weight excluding hydrogens is 267 g/mol. The zero-order chi connectivity index (χ0) is 14.0. The molecule has 6 heteroatoms. The smallest absolute Gasteiger partial charge is 0.240 e. The Hall–Kier alpha value is -0.980. The molecule has 1 aliphatic rings. The van der Waals surface area contributed by atoms with Gasteiger partial charge in [-0.05, 0) is 37.1 Å². The van der Waals surface area contributed by atoms with Crippen LogP contribution in [-0.4, -0.2) is 21.0 Å². The molecule has 2 rings (SSSR count). The van der Waals surface area contributed by atoms with E-state index in [4.69, 9.17) is 0 Å². The fourth-order valence-corrected chi connectivity index (χ4v) is 3.27. The van der Waals surface area contributed by atoms with Gasteiger partial charge in [0.15, 0.2) is 0 Å². The Bertz CT molecular complexity index is 560. The van der Waals surface area contributed by atoms with E-state index >= 15 is 0 Å². The van der Waals surface area contributed by atoms with Gasteiger partial charge in [-0.25, -0.2) is 17.5 Å². The van der Waals surface area contributed by atoms with Crippen molar-refractivity contribution in [2.45, 2.75) is 37.8 Å². The molecule has 2 unspecified atom stereocenters. The second-order valence-corrected chi connectivity index (χ2v) is 6.69. The van der Waals surface area contributed by atoms with Crippen LogP contribution in [0, 0.1) is 11.7 Å². The molecule has 0 aliphatic heterocycles. The van der Waals surface area contributed by atoms with E-state index in [1.807, 2.05) is 13.8 Å². The SMILES string of the molecule is CCNCc1cc(S(=O)(=O)NC2CC2C)ccc1F. The van der Waals surface area contributed by atoms with Crippen molar-refractivity contribution in [3.05, 3.63) is 29.6 Å². The third-order valence-corrected chi connectivity index (χ3v) is 4.80. The highest BCUT2D eigenvalue weighted by Crippen LogP contribution is 2.30. The van der Waals surface area contributed by atoms with Crippen molar-refractivity contribution in [1.29, 1.82) is 0 Å².